The van der Waals surface area contributed by atoms with Crippen LogP contribution in [0.1, 0.15) is 43.1 Å². The number of alkyl carbamates (subject to hydrolysis) is 1. The van der Waals surface area contributed by atoms with Crippen LogP contribution in [-0.4, -0.2) is 43.3 Å². The Labute approximate surface area is 209 Å². The molecule has 3 aromatic rings. The molecule has 188 valence electrons. The molecule has 0 radical (unpaired) electrons. The van der Waals surface area contributed by atoms with Gasteiger partial charge in [0.15, 0.2) is 0 Å². The van der Waals surface area contributed by atoms with Gasteiger partial charge in [-0.2, -0.15) is 0 Å². The molecule has 2 aromatic heterocycles. The quantitative estimate of drug-likeness (QED) is 0.462. The largest absolute Gasteiger partial charge is 0.484 e. The first kappa shape index (κ1) is 24.9. The molecular formula is C26H29N5O5. The molecule has 0 fully saturated rings. The summed E-state index contributed by atoms with van der Waals surface area (Å²) in [6, 6.07) is 13.1. The summed E-state index contributed by atoms with van der Waals surface area (Å²) in [6.45, 7) is 2.31. The summed E-state index contributed by atoms with van der Waals surface area (Å²) in [7, 11) is 1.75. The van der Waals surface area contributed by atoms with E-state index in [1.165, 1.54) is 0 Å². The molecule has 1 aliphatic rings. The van der Waals surface area contributed by atoms with Gasteiger partial charge in [0, 0.05) is 12.6 Å². The van der Waals surface area contributed by atoms with Gasteiger partial charge in [-0.1, -0.05) is 42.5 Å². The van der Waals surface area contributed by atoms with Crippen molar-refractivity contribution in [3.63, 3.8) is 0 Å². The Morgan fingerprint density at radius 1 is 1.19 bits per heavy atom. The van der Waals surface area contributed by atoms with Crippen LogP contribution in [0.2, 0.25) is 0 Å². The van der Waals surface area contributed by atoms with Gasteiger partial charge in [-0.15, -0.1) is 5.10 Å². The normalized spacial score (nSPS) is 15.2. The molecule has 0 unspecified atom stereocenters. The number of aryl methyl sites for hydroxylation is 2. The first-order chi connectivity index (χ1) is 17.4. The zero-order valence-corrected chi connectivity index (χ0v) is 20.3. The number of carboxylic acids is 1. The number of carboxylic acid groups (broad SMARTS) is 1. The highest BCUT2D eigenvalue weighted by Gasteiger charge is 2.21. The van der Waals surface area contributed by atoms with E-state index in [2.05, 4.69) is 15.6 Å². The smallest absolute Gasteiger partial charge is 0.407 e. The minimum Gasteiger partial charge on any atom is -0.484 e. The van der Waals surface area contributed by atoms with Crippen molar-refractivity contribution in [3.05, 3.63) is 71.1 Å². The molecule has 1 aromatic carbocycles. The van der Waals surface area contributed by atoms with Gasteiger partial charge in [0.1, 0.15) is 24.2 Å². The number of aliphatic carboxylic acids is 1. The van der Waals surface area contributed by atoms with Crippen LogP contribution in [0.5, 0.6) is 5.75 Å². The molecule has 36 heavy (non-hydrogen) atoms. The van der Waals surface area contributed by atoms with Crippen LogP contribution in [0, 0.1) is 0 Å². The molecule has 0 saturated heterocycles. The fraction of sp³-hybridized carbons (Fsp3) is 0.346. The van der Waals surface area contributed by atoms with Gasteiger partial charge < -0.3 is 19.9 Å². The van der Waals surface area contributed by atoms with Gasteiger partial charge in [0.05, 0.1) is 23.6 Å². The van der Waals surface area contributed by atoms with E-state index in [0.717, 1.165) is 24.1 Å². The average molecular weight is 492 g/mol. The number of rotatable bonds is 9. The van der Waals surface area contributed by atoms with Gasteiger partial charge in [-0.05, 0) is 49.5 Å². The first-order valence-corrected chi connectivity index (χ1v) is 11.9. The second-order valence-corrected chi connectivity index (χ2v) is 8.46. The third-order valence-corrected chi connectivity index (χ3v) is 5.94. The number of ether oxygens (including phenoxy) is 2. The summed E-state index contributed by atoms with van der Waals surface area (Å²) < 4.78 is 13.0. The van der Waals surface area contributed by atoms with Crippen LogP contribution >= 0.6 is 0 Å². The minimum atomic E-state index is -0.903. The fourth-order valence-electron chi connectivity index (χ4n) is 4.00. The second kappa shape index (κ2) is 11.5. The minimum absolute atomic E-state index is 0.165. The van der Waals surface area contributed by atoms with Crippen molar-refractivity contribution in [1.29, 1.82) is 0 Å². The molecule has 0 spiro atoms. The lowest BCUT2D eigenvalue weighted by molar-refractivity contribution is -0.133. The summed E-state index contributed by atoms with van der Waals surface area (Å²) in [5, 5.41) is 20.4. The molecule has 2 N–H and O–H groups in total. The molecule has 0 bridgehead atoms. The van der Waals surface area contributed by atoms with Crippen molar-refractivity contribution in [2.75, 3.05) is 0 Å². The maximum atomic E-state index is 12.2. The van der Waals surface area contributed by atoms with E-state index in [1.54, 1.807) is 23.9 Å². The Kier molecular flexibility index (Phi) is 7.94. The molecule has 2 heterocycles. The number of benzene rings is 1. The number of nitrogens with one attached hydrogen (secondary N) is 1. The highest BCUT2D eigenvalue weighted by Crippen LogP contribution is 2.28. The Hall–Kier alpha value is -4.21. The lowest BCUT2D eigenvalue weighted by Crippen LogP contribution is -2.25. The molecule has 1 amide bonds. The van der Waals surface area contributed by atoms with Crippen molar-refractivity contribution < 1.29 is 24.2 Å². The van der Waals surface area contributed by atoms with Crippen LogP contribution in [0.4, 0.5) is 4.79 Å². The number of aromatic nitrogens is 4. The molecular weight excluding hydrogens is 462 g/mol. The van der Waals surface area contributed by atoms with Gasteiger partial charge in [-0.25, -0.2) is 19.3 Å². The van der Waals surface area contributed by atoms with Crippen LogP contribution in [0.15, 0.2) is 54.1 Å². The number of nitrogens with zero attached hydrogens (tertiary/aromatic N) is 4. The molecule has 10 nitrogen and oxygen atoms in total. The third kappa shape index (κ3) is 6.07. The number of carbonyl (C=O) groups is 2. The predicted octanol–water partition coefficient (Wildman–Crippen LogP) is 3.81. The molecule has 4 rings (SSSR count). The summed E-state index contributed by atoms with van der Waals surface area (Å²) in [5.41, 5.74) is 3.84. The van der Waals surface area contributed by atoms with Crippen LogP contribution in [0.25, 0.3) is 11.4 Å². The van der Waals surface area contributed by atoms with E-state index < -0.39 is 12.1 Å². The van der Waals surface area contributed by atoms with E-state index in [9.17, 15) is 14.7 Å². The lowest BCUT2D eigenvalue weighted by atomic mass is 9.97. The number of pyridine rings is 1. The highest BCUT2D eigenvalue weighted by molar-refractivity contribution is 5.86. The maximum Gasteiger partial charge on any atom is 0.407 e. The third-order valence-electron chi connectivity index (χ3n) is 5.94. The van der Waals surface area contributed by atoms with Crippen molar-refractivity contribution in [3.8, 4) is 17.1 Å². The predicted molar refractivity (Wildman–Crippen MR) is 131 cm³/mol. The van der Waals surface area contributed by atoms with E-state index in [0.29, 0.717) is 41.2 Å². The van der Waals surface area contributed by atoms with Gasteiger partial charge >= 0.3 is 12.1 Å². The van der Waals surface area contributed by atoms with Crippen molar-refractivity contribution in [2.45, 2.75) is 51.9 Å². The van der Waals surface area contributed by atoms with E-state index in [1.807, 2.05) is 43.3 Å². The summed E-state index contributed by atoms with van der Waals surface area (Å²) in [6.07, 6.45) is 3.52. The summed E-state index contributed by atoms with van der Waals surface area (Å²) >= 11 is 0. The molecule has 0 aliphatic heterocycles. The van der Waals surface area contributed by atoms with Crippen LogP contribution < -0.4 is 10.1 Å². The zero-order chi connectivity index (χ0) is 25.5. The Balaban J connectivity index is 1.45. The Morgan fingerprint density at radius 2 is 2.00 bits per heavy atom. The molecule has 0 saturated carbocycles. The lowest BCUT2D eigenvalue weighted by Gasteiger charge is -2.22. The van der Waals surface area contributed by atoms with Gasteiger partial charge in [0.25, 0.3) is 0 Å². The fourth-order valence-corrected chi connectivity index (χ4v) is 4.00. The van der Waals surface area contributed by atoms with E-state index in [-0.39, 0.29) is 19.3 Å². The topological polar surface area (TPSA) is 128 Å². The van der Waals surface area contributed by atoms with Crippen molar-refractivity contribution >= 4 is 12.1 Å². The zero-order valence-electron chi connectivity index (χ0n) is 20.3. The SMILES string of the molecule is CCc1nc(-c2nnn(C)c2CNC(=O)OCc2ccccc2)ccc1O[C@@H]1C=C(C(=O)O)CCC1. The maximum absolute atomic E-state index is 12.2. The van der Waals surface area contributed by atoms with Crippen molar-refractivity contribution in [2.24, 2.45) is 7.05 Å². The molecule has 1 aliphatic carbocycles. The van der Waals surface area contributed by atoms with Crippen LogP contribution in [-0.2, 0) is 36.2 Å². The number of amides is 1. The van der Waals surface area contributed by atoms with Crippen molar-refractivity contribution in [1.82, 2.24) is 25.3 Å². The Morgan fingerprint density at radius 3 is 2.75 bits per heavy atom. The molecule has 1 atom stereocenters. The average Bonchev–Trinajstić information content (AvgIpc) is 3.27. The monoisotopic (exact) mass is 491 g/mol. The van der Waals surface area contributed by atoms with Gasteiger partial charge in [-0.3, -0.25) is 0 Å². The number of hydrogen-bond donors (Lipinski definition) is 2. The highest BCUT2D eigenvalue weighted by atomic mass is 16.5. The second-order valence-electron chi connectivity index (χ2n) is 8.46. The van der Waals surface area contributed by atoms with Crippen LogP contribution in [0.3, 0.4) is 0 Å². The Bertz CT molecular complexity index is 1250. The number of hydrogen-bond acceptors (Lipinski definition) is 7. The standard InChI is InChI=1S/C26H29N5O5/c1-3-20-23(36-19-11-7-10-18(14-19)25(32)33)13-12-21(28-20)24-22(31(2)30-29-24)15-27-26(34)35-16-17-8-5-4-6-9-17/h4-6,8-9,12-14,19H,3,7,10-11,15-16H2,1-2H3,(H,27,34)(H,32,33)/t19-/m0/s1. The van der Waals surface area contributed by atoms with Gasteiger partial charge in [0.2, 0.25) is 0 Å². The summed E-state index contributed by atoms with van der Waals surface area (Å²) in [4.78, 5) is 28.3. The van der Waals surface area contributed by atoms with E-state index >= 15 is 0 Å². The van der Waals surface area contributed by atoms with E-state index in [4.69, 9.17) is 14.5 Å². The molecule has 10 heteroatoms. The summed E-state index contributed by atoms with van der Waals surface area (Å²) in [5.74, 6) is -0.289. The first-order valence-electron chi connectivity index (χ1n) is 11.9. The number of carbonyl (C=O) groups excluding carboxylic acids is 1.